The van der Waals surface area contributed by atoms with Crippen LogP contribution in [0.4, 0.5) is 0 Å². The summed E-state index contributed by atoms with van der Waals surface area (Å²) in [4.78, 5) is 28.7. The minimum Gasteiger partial charge on any atom is -0.354 e. The van der Waals surface area contributed by atoms with Crippen LogP contribution in [0.1, 0.15) is 36.5 Å². The third kappa shape index (κ3) is 9.19. The van der Waals surface area contributed by atoms with Crippen molar-refractivity contribution in [2.45, 2.75) is 44.5 Å². The van der Waals surface area contributed by atoms with Crippen LogP contribution in [0.2, 0.25) is 0 Å². The van der Waals surface area contributed by atoms with Crippen molar-refractivity contribution in [2.24, 2.45) is 0 Å². The zero-order valence-electron chi connectivity index (χ0n) is 20.2. The molecule has 3 rings (SSSR count). The molecule has 0 saturated heterocycles. The minimum absolute atomic E-state index is 0.0254. The van der Waals surface area contributed by atoms with Gasteiger partial charge in [0.2, 0.25) is 11.8 Å². The maximum atomic E-state index is 13.6. The molecular weight excluding hydrogens is 520 g/mol. The van der Waals surface area contributed by atoms with Gasteiger partial charge in [-0.3, -0.25) is 9.59 Å². The second-order valence-electron chi connectivity index (χ2n) is 8.48. The van der Waals surface area contributed by atoms with E-state index in [2.05, 4.69) is 40.3 Å². The first kappa shape index (κ1) is 27.0. The minimum atomic E-state index is -0.574. The molecule has 6 heteroatoms. The van der Waals surface area contributed by atoms with Crippen LogP contribution >= 0.6 is 27.7 Å². The van der Waals surface area contributed by atoms with Crippen LogP contribution in [0.25, 0.3) is 0 Å². The highest BCUT2D eigenvalue weighted by Gasteiger charge is 2.30. The summed E-state index contributed by atoms with van der Waals surface area (Å²) in [6, 6.07) is 27.4. The molecule has 4 nitrogen and oxygen atoms in total. The van der Waals surface area contributed by atoms with Crippen molar-refractivity contribution in [2.75, 3.05) is 12.3 Å². The molecule has 0 unspecified atom stereocenters. The van der Waals surface area contributed by atoms with Crippen molar-refractivity contribution in [1.29, 1.82) is 0 Å². The molecule has 0 aliphatic carbocycles. The fourth-order valence-electron chi connectivity index (χ4n) is 3.76. The van der Waals surface area contributed by atoms with Crippen molar-refractivity contribution in [3.05, 3.63) is 106 Å². The summed E-state index contributed by atoms with van der Waals surface area (Å²) in [5, 5.41) is 3.07. The number of thioether (sulfide) groups is 1. The number of benzene rings is 3. The van der Waals surface area contributed by atoms with Gasteiger partial charge in [-0.2, -0.15) is 0 Å². The van der Waals surface area contributed by atoms with Crippen LogP contribution in [-0.4, -0.2) is 35.1 Å². The summed E-state index contributed by atoms with van der Waals surface area (Å²) < 4.78 is 1.04. The Bertz CT molecular complexity index is 1050. The Hall–Kier alpha value is -2.57. The number of hydrogen-bond donors (Lipinski definition) is 1. The summed E-state index contributed by atoms with van der Waals surface area (Å²) >= 11 is 5.04. The Kier molecular flexibility index (Phi) is 11.4. The van der Waals surface area contributed by atoms with Gasteiger partial charge in [-0.1, -0.05) is 102 Å². The van der Waals surface area contributed by atoms with E-state index in [4.69, 9.17) is 0 Å². The van der Waals surface area contributed by atoms with E-state index in [1.165, 1.54) is 5.56 Å². The molecular formula is C29H33BrN2O2S. The summed E-state index contributed by atoms with van der Waals surface area (Å²) in [7, 11) is 0. The predicted molar refractivity (Wildman–Crippen MR) is 149 cm³/mol. The molecule has 3 aromatic carbocycles. The first-order valence-electron chi connectivity index (χ1n) is 12.0. The molecule has 0 heterocycles. The standard InChI is InChI=1S/C29H33BrN2O2S/c1-2-3-18-31-29(34)27(19-23-10-6-4-7-11-23)32(20-24-12-8-5-9-13-24)28(33)22-35-21-25-14-16-26(30)17-15-25/h4-17,27H,2-3,18-22H2,1H3,(H,31,34)/t27-/m0/s1. The summed E-state index contributed by atoms with van der Waals surface area (Å²) in [6.07, 6.45) is 2.40. The molecule has 0 fully saturated rings. The van der Waals surface area contributed by atoms with Crippen molar-refractivity contribution >= 4 is 39.5 Å². The average Bonchev–Trinajstić information content (AvgIpc) is 2.88. The van der Waals surface area contributed by atoms with Gasteiger partial charge in [-0.15, -0.1) is 11.8 Å². The first-order valence-corrected chi connectivity index (χ1v) is 14.0. The van der Waals surface area contributed by atoms with E-state index < -0.39 is 6.04 Å². The highest BCUT2D eigenvalue weighted by Crippen LogP contribution is 2.19. The first-order chi connectivity index (χ1) is 17.1. The van der Waals surface area contributed by atoms with Gasteiger partial charge in [-0.25, -0.2) is 0 Å². The number of unbranched alkanes of at least 4 members (excludes halogenated alkanes) is 1. The molecule has 3 aromatic rings. The number of nitrogens with zero attached hydrogens (tertiary/aromatic N) is 1. The monoisotopic (exact) mass is 552 g/mol. The van der Waals surface area contributed by atoms with Gasteiger partial charge in [0.05, 0.1) is 5.75 Å². The molecule has 0 saturated carbocycles. The highest BCUT2D eigenvalue weighted by molar-refractivity contribution is 9.10. The molecule has 0 spiro atoms. The van der Waals surface area contributed by atoms with Crippen molar-refractivity contribution < 1.29 is 9.59 Å². The van der Waals surface area contributed by atoms with Gasteiger partial charge in [0.25, 0.3) is 0 Å². The van der Waals surface area contributed by atoms with Crippen LogP contribution in [0.15, 0.2) is 89.4 Å². The zero-order chi connectivity index (χ0) is 24.9. The van der Waals surface area contributed by atoms with E-state index in [9.17, 15) is 9.59 Å². The van der Waals surface area contributed by atoms with Gasteiger partial charge in [0, 0.05) is 29.7 Å². The van der Waals surface area contributed by atoms with E-state index in [1.54, 1.807) is 16.7 Å². The normalized spacial score (nSPS) is 11.6. The largest absolute Gasteiger partial charge is 0.354 e. The van der Waals surface area contributed by atoms with Gasteiger partial charge in [-0.05, 0) is 35.2 Å². The molecule has 2 amide bonds. The van der Waals surface area contributed by atoms with Crippen LogP contribution in [-0.2, 0) is 28.3 Å². The number of nitrogens with one attached hydrogen (secondary N) is 1. The molecule has 1 N–H and O–H groups in total. The lowest BCUT2D eigenvalue weighted by Crippen LogP contribution is -2.51. The number of carbonyl (C=O) groups is 2. The second-order valence-corrected chi connectivity index (χ2v) is 10.4. The van der Waals surface area contributed by atoms with E-state index >= 15 is 0 Å². The van der Waals surface area contributed by atoms with Crippen molar-refractivity contribution in [3.8, 4) is 0 Å². The molecule has 184 valence electrons. The molecule has 35 heavy (non-hydrogen) atoms. The SMILES string of the molecule is CCCCNC(=O)[C@H](Cc1ccccc1)N(Cc1ccccc1)C(=O)CSCc1ccc(Br)cc1. The lowest BCUT2D eigenvalue weighted by atomic mass is 10.0. The fourth-order valence-corrected chi connectivity index (χ4v) is 4.89. The summed E-state index contributed by atoms with van der Waals surface area (Å²) in [5.41, 5.74) is 3.22. The molecule has 0 aromatic heterocycles. The van der Waals surface area contributed by atoms with Gasteiger partial charge >= 0.3 is 0 Å². The quantitative estimate of drug-likeness (QED) is 0.255. The Balaban J connectivity index is 1.79. The van der Waals surface area contributed by atoms with E-state index in [1.807, 2.05) is 72.8 Å². The molecule has 0 radical (unpaired) electrons. The average molecular weight is 554 g/mol. The Morgan fingerprint density at radius 2 is 1.51 bits per heavy atom. The molecule has 0 aliphatic rings. The topological polar surface area (TPSA) is 49.4 Å². The lowest BCUT2D eigenvalue weighted by molar-refractivity contribution is -0.139. The van der Waals surface area contributed by atoms with Crippen LogP contribution in [0.3, 0.4) is 0 Å². The predicted octanol–water partition coefficient (Wildman–Crippen LogP) is 6.24. The maximum absolute atomic E-state index is 13.6. The van der Waals surface area contributed by atoms with E-state index in [0.29, 0.717) is 25.3 Å². The fraction of sp³-hybridized carbons (Fsp3) is 0.310. The third-order valence-corrected chi connectivity index (χ3v) is 7.22. The Morgan fingerprint density at radius 1 is 0.886 bits per heavy atom. The number of amides is 2. The van der Waals surface area contributed by atoms with Gasteiger partial charge in [0.1, 0.15) is 6.04 Å². The van der Waals surface area contributed by atoms with Crippen LogP contribution < -0.4 is 5.32 Å². The number of rotatable bonds is 13. The maximum Gasteiger partial charge on any atom is 0.243 e. The Labute approximate surface area is 221 Å². The van der Waals surface area contributed by atoms with Crippen molar-refractivity contribution in [3.63, 3.8) is 0 Å². The van der Waals surface area contributed by atoms with Crippen molar-refractivity contribution in [1.82, 2.24) is 10.2 Å². The lowest BCUT2D eigenvalue weighted by Gasteiger charge is -2.31. The number of hydrogen-bond acceptors (Lipinski definition) is 3. The number of halogens is 1. The van der Waals surface area contributed by atoms with Gasteiger partial charge in [0.15, 0.2) is 0 Å². The third-order valence-electron chi connectivity index (χ3n) is 5.70. The van der Waals surface area contributed by atoms with Crippen LogP contribution in [0.5, 0.6) is 0 Å². The van der Waals surface area contributed by atoms with Crippen LogP contribution in [0, 0.1) is 0 Å². The van der Waals surface area contributed by atoms with Gasteiger partial charge < -0.3 is 10.2 Å². The van der Waals surface area contributed by atoms with E-state index in [-0.39, 0.29) is 11.8 Å². The number of carbonyl (C=O) groups excluding carboxylic acids is 2. The summed E-state index contributed by atoms with van der Waals surface area (Å²) in [5.74, 6) is 0.938. The molecule has 0 aliphatic heterocycles. The zero-order valence-corrected chi connectivity index (χ0v) is 22.6. The van der Waals surface area contributed by atoms with E-state index in [0.717, 1.165) is 34.2 Å². The highest BCUT2D eigenvalue weighted by atomic mass is 79.9. The molecule has 1 atom stereocenters. The Morgan fingerprint density at radius 3 is 2.14 bits per heavy atom. The summed E-state index contributed by atoms with van der Waals surface area (Å²) in [6.45, 7) is 3.12. The smallest absolute Gasteiger partial charge is 0.243 e. The molecule has 0 bridgehead atoms. The second kappa shape index (κ2) is 14.7.